The van der Waals surface area contributed by atoms with E-state index in [0.717, 1.165) is 0 Å². The van der Waals surface area contributed by atoms with Crippen molar-refractivity contribution in [2.75, 3.05) is 13.1 Å². The SMILES string of the molecule is O=C(NCCCN1C(=O)c2ccccc2C1=O)c1ccccn1. The molecule has 2 heterocycles. The summed E-state index contributed by atoms with van der Waals surface area (Å²) in [6.07, 6.45) is 2.04. The van der Waals surface area contributed by atoms with Gasteiger partial charge in [0.1, 0.15) is 5.69 Å². The summed E-state index contributed by atoms with van der Waals surface area (Å²) in [6, 6.07) is 11.9. The molecule has 6 nitrogen and oxygen atoms in total. The molecule has 1 N–H and O–H groups in total. The van der Waals surface area contributed by atoms with E-state index < -0.39 is 0 Å². The zero-order valence-corrected chi connectivity index (χ0v) is 12.4. The van der Waals surface area contributed by atoms with Gasteiger partial charge in [0.15, 0.2) is 0 Å². The average molecular weight is 309 g/mol. The van der Waals surface area contributed by atoms with E-state index in [4.69, 9.17) is 0 Å². The molecular formula is C17H15N3O3. The van der Waals surface area contributed by atoms with Crippen molar-refractivity contribution in [2.45, 2.75) is 6.42 Å². The van der Waals surface area contributed by atoms with Gasteiger partial charge in [-0.15, -0.1) is 0 Å². The molecule has 0 fully saturated rings. The van der Waals surface area contributed by atoms with E-state index in [0.29, 0.717) is 29.8 Å². The maximum absolute atomic E-state index is 12.2. The molecule has 0 atom stereocenters. The third kappa shape index (κ3) is 2.96. The van der Waals surface area contributed by atoms with E-state index in [-0.39, 0.29) is 24.3 Å². The van der Waals surface area contributed by atoms with Gasteiger partial charge in [0.2, 0.25) is 0 Å². The monoisotopic (exact) mass is 309 g/mol. The first kappa shape index (κ1) is 14.9. The van der Waals surface area contributed by atoms with Crippen molar-refractivity contribution < 1.29 is 14.4 Å². The van der Waals surface area contributed by atoms with Crippen LogP contribution in [0, 0.1) is 0 Å². The molecule has 23 heavy (non-hydrogen) atoms. The van der Waals surface area contributed by atoms with Crippen molar-refractivity contribution in [3.63, 3.8) is 0 Å². The summed E-state index contributed by atoms with van der Waals surface area (Å²) in [5, 5.41) is 2.72. The van der Waals surface area contributed by atoms with Crippen molar-refractivity contribution in [3.05, 3.63) is 65.5 Å². The molecule has 0 bridgehead atoms. The van der Waals surface area contributed by atoms with Crippen molar-refractivity contribution in [3.8, 4) is 0 Å². The lowest BCUT2D eigenvalue weighted by Crippen LogP contribution is -2.33. The van der Waals surface area contributed by atoms with Gasteiger partial charge in [-0.3, -0.25) is 24.3 Å². The number of imide groups is 1. The van der Waals surface area contributed by atoms with Crippen molar-refractivity contribution in [2.24, 2.45) is 0 Å². The summed E-state index contributed by atoms with van der Waals surface area (Å²) in [5.74, 6) is -0.823. The predicted octanol–water partition coefficient (Wildman–Crippen LogP) is 1.50. The van der Waals surface area contributed by atoms with E-state index in [1.165, 1.54) is 4.90 Å². The van der Waals surface area contributed by atoms with Crippen LogP contribution < -0.4 is 5.32 Å². The number of rotatable bonds is 5. The Morgan fingerprint density at radius 1 is 1.00 bits per heavy atom. The standard InChI is InChI=1S/C17H15N3O3/c21-15(14-8-3-4-9-18-14)19-10-5-11-20-16(22)12-6-1-2-7-13(12)17(20)23/h1-4,6-9H,5,10-11H2,(H,19,21). The molecule has 6 heteroatoms. The summed E-state index contributed by atoms with van der Waals surface area (Å²) in [5.41, 5.74) is 1.22. The Morgan fingerprint density at radius 2 is 1.65 bits per heavy atom. The van der Waals surface area contributed by atoms with Gasteiger partial charge in [0.05, 0.1) is 11.1 Å². The lowest BCUT2D eigenvalue weighted by atomic mass is 10.1. The van der Waals surface area contributed by atoms with Gasteiger partial charge in [-0.2, -0.15) is 0 Å². The molecule has 3 rings (SSSR count). The number of benzene rings is 1. The van der Waals surface area contributed by atoms with Crippen LogP contribution >= 0.6 is 0 Å². The van der Waals surface area contributed by atoms with Crippen molar-refractivity contribution >= 4 is 17.7 Å². The number of pyridine rings is 1. The third-order valence-electron chi connectivity index (χ3n) is 3.62. The molecule has 2 aromatic rings. The van der Waals surface area contributed by atoms with Crippen LogP contribution in [0.3, 0.4) is 0 Å². The fourth-order valence-corrected chi connectivity index (χ4v) is 2.47. The highest BCUT2D eigenvalue weighted by atomic mass is 16.2. The first-order chi connectivity index (χ1) is 11.2. The summed E-state index contributed by atoms with van der Waals surface area (Å²) in [6.45, 7) is 0.637. The van der Waals surface area contributed by atoms with Gasteiger partial charge in [-0.05, 0) is 30.7 Å². The topological polar surface area (TPSA) is 79.4 Å². The Balaban J connectivity index is 1.52. The van der Waals surface area contributed by atoms with Crippen LogP contribution in [0.25, 0.3) is 0 Å². The minimum atomic E-state index is -0.276. The predicted molar refractivity (Wildman–Crippen MR) is 83.0 cm³/mol. The number of fused-ring (bicyclic) bond motifs is 1. The Bertz CT molecular complexity index is 724. The Labute approximate surface area is 133 Å². The molecule has 116 valence electrons. The fraction of sp³-hybridized carbons (Fsp3) is 0.176. The van der Waals surface area contributed by atoms with Crippen LogP contribution in [0.2, 0.25) is 0 Å². The average Bonchev–Trinajstić information content (AvgIpc) is 2.84. The molecule has 1 aliphatic heterocycles. The van der Waals surface area contributed by atoms with Crippen LogP contribution in [0.15, 0.2) is 48.7 Å². The largest absolute Gasteiger partial charge is 0.351 e. The summed E-state index contributed by atoms with van der Waals surface area (Å²) in [7, 11) is 0. The van der Waals surface area contributed by atoms with E-state index >= 15 is 0 Å². The number of hydrogen-bond acceptors (Lipinski definition) is 4. The molecular weight excluding hydrogens is 294 g/mol. The van der Waals surface area contributed by atoms with Crippen LogP contribution in [-0.4, -0.2) is 40.7 Å². The van der Waals surface area contributed by atoms with E-state index in [1.807, 2.05) is 0 Å². The highest BCUT2D eigenvalue weighted by molar-refractivity contribution is 6.21. The van der Waals surface area contributed by atoms with Crippen LogP contribution in [-0.2, 0) is 0 Å². The zero-order valence-electron chi connectivity index (χ0n) is 12.4. The summed E-state index contributed by atoms with van der Waals surface area (Å²) >= 11 is 0. The number of carbonyl (C=O) groups is 3. The molecule has 0 spiro atoms. The minimum Gasteiger partial charge on any atom is -0.351 e. The first-order valence-electron chi connectivity index (χ1n) is 7.33. The molecule has 0 aliphatic carbocycles. The fourth-order valence-electron chi connectivity index (χ4n) is 2.47. The molecule has 0 radical (unpaired) electrons. The molecule has 1 aliphatic rings. The molecule has 0 saturated heterocycles. The van der Waals surface area contributed by atoms with Crippen LogP contribution in [0.1, 0.15) is 37.6 Å². The third-order valence-corrected chi connectivity index (χ3v) is 3.62. The van der Waals surface area contributed by atoms with E-state index in [1.54, 1.807) is 48.7 Å². The minimum absolute atomic E-state index is 0.270. The van der Waals surface area contributed by atoms with Gasteiger partial charge >= 0.3 is 0 Å². The maximum atomic E-state index is 12.2. The number of hydrogen-bond donors (Lipinski definition) is 1. The van der Waals surface area contributed by atoms with Gasteiger partial charge in [0.25, 0.3) is 17.7 Å². The number of aromatic nitrogens is 1. The number of nitrogens with zero attached hydrogens (tertiary/aromatic N) is 2. The Hall–Kier alpha value is -3.02. The quantitative estimate of drug-likeness (QED) is 0.670. The Kier molecular flexibility index (Phi) is 4.14. The number of nitrogens with one attached hydrogen (secondary N) is 1. The van der Waals surface area contributed by atoms with Gasteiger partial charge < -0.3 is 5.32 Å². The summed E-state index contributed by atoms with van der Waals surface area (Å²) < 4.78 is 0. The van der Waals surface area contributed by atoms with Gasteiger partial charge in [-0.25, -0.2) is 0 Å². The lowest BCUT2D eigenvalue weighted by molar-refractivity contribution is 0.0653. The molecule has 1 aromatic heterocycles. The second-order valence-corrected chi connectivity index (χ2v) is 5.13. The van der Waals surface area contributed by atoms with Crippen LogP contribution in [0.5, 0.6) is 0 Å². The van der Waals surface area contributed by atoms with Crippen molar-refractivity contribution in [1.82, 2.24) is 15.2 Å². The van der Waals surface area contributed by atoms with Gasteiger partial charge in [0, 0.05) is 19.3 Å². The highest BCUT2D eigenvalue weighted by Gasteiger charge is 2.34. The number of amides is 3. The highest BCUT2D eigenvalue weighted by Crippen LogP contribution is 2.22. The summed E-state index contributed by atoms with van der Waals surface area (Å²) in [4.78, 5) is 41.3. The van der Waals surface area contributed by atoms with Crippen LogP contribution in [0.4, 0.5) is 0 Å². The Morgan fingerprint density at radius 3 is 2.26 bits per heavy atom. The van der Waals surface area contributed by atoms with E-state index in [9.17, 15) is 14.4 Å². The molecule has 3 amide bonds. The smallest absolute Gasteiger partial charge is 0.269 e. The lowest BCUT2D eigenvalue weighted by Gasteiger charge is -2.13. The molecule has 1 aromatic carbocycles. The molecule has 0 unspecified atom stereocenters. The maximum Gasteiger partial charge on any atom is 0.269 e. The van der Waals surface area contributed by atoms with Gasteiger partial charge in [-0.1, -0.05) is 18.2 Å². The zero-order chi connectivity index (χ0) is 16.2. The first-order valence-corrected chi connectivity index (χ1v) is 7.33. The van der Waals surface area contributed by atoms with Crippen molar-refractivity contribution in [1.29, 1.82) is 0 Å². The second-order valence-electron chi connectivity index (χ2n) is 5.13. The second kappa shape index (κ2) is 6.39. The molecule has 0 saturated carbocycles. The normalized spacial score (nSPS) is 13.1. The number of carbonyl (C=O) groups excluding carboxylic acids is 3. The van der Waals surface area contributed by atoms with E-state index in [2.05, 4.69) is 10.3 Å².